The predicted molar refractivity (Wildman–Crippen MR) is 202 cm³/mol. The minimum Gasteiger partial charge on any atom is -0.307 e. The van der Waals surface area contributed by atoms with E-state index in [0.717, 1.165) is 27.8 Å². The monoisotopic (exact) mass is 705 g/mol. The largest absolute Gasteiger partial charge is 0.307 e. The van der Waals surface area contributed by atoms with Gasteiger partial charge in [0.05, 0.1) is 14.7 Å². The van der Waals surface area contributed by atoms with Gasteiger partial charge >= 0.3 is 0 Å². The summed E-state index contributed by atoms with van der Waals surface area (Å²) in [4.78, 5) is 36.3. The van der Waals surface area contributed by atoms with Crippen molar-refractivity contribution >= 4 is 120 Å². The SMILES string of the molecule is C/C(=C1/SC(=S)NC1=O)c1ccccc1.Cc1ccc(/C=C2\SC(=S)NC2=O)cc1.Cc1ccccc1/C=C1\SC(=S)NC1=O. The fourth-order valence-electron chi connectivity index (χ4n) is 3.93. The third-order valence-electron chi connectivity index (χ3n) is 6.30. The van der Waals surface area contributed by atoms with Gasteiger partial charge in [-0.25, -0.2) is 0 Å². The molecule has 3 N–H and O–H groups in total. The Morgan fingerprint density at radius 2 is 1.13 bits per heavy atom. The maximum absolute atomic E-state index is 11.5. The van der Waals surface area contributed by atoms with Crippen LogP contribution in [0.15, 0.2) is 93.6 Å². The van der Waals surface area contributed by atoms with Crippen LogP contribution in [0.5, 0.6) is 0 Å². The van der Waals surface area contributed by atoms with E-state index in [4.69, 9.17) is 36.7 Å². The van der Waals surface area contributed by atoms with Crippen LogP contribution >= 0.6 is 71.9 Å². The van der Waals surface area contributed by atoms with Gasteiger partial charge in [-0.1, -0.05) is 156 Å². The highest BCUT2D eigenvalue weighted by molar-refractivity contribution is 8.27. The number of rotatable bonds is 3. The van der Waals surface area contributed by atoms with Gasteiger partial charge in [-0.05, 0) is 60.8 Å². The van der Waals surface area contributed by atoms with Crippen LogP contribution < -0.4 is 16.0 Å². The molecule has 3 aliphatic rings. The van der Waals surface area contributed by atoms with E-state index in [1.165, 1.54) is 40.8 Å². The van der Waals surface area contributed by atoms with E-state index in [9.17, 15) is 14.4 Å². The molecule has 0 aliphatic carbocycles. The zero-order chi connectivity index (χ0) is 32.5. The quantitative estimate of drug-likeness (QED) is 0.189. The molecule has 6 nitrogen and oxygen atoms in total. The molecular formula is C33H27N3O3S6. The molecule has 0 radical (unpaired) electrons. The summed E-state index contributed by atoms with van der Waals surface area (Å²) < 4.78 is 1.59. The first kappa shape index (κ1) is 34.5. The lowest BCUT2D eigenvalue weighted by atomic mass is 10.1. The molecule has 0 saturated carbocycles. The van der Waals surface area contributed by atoms with E-state index >= 15 is 0 Å². The first-order valence-corrected chi connectivity index (χ1v) is 17.1. The Kier molecular flexibility index (Phi) is 12.5. The average molecular weight is 706 g/mol. The summed E-state index contributed by atoms with van der Waals surface area (Å²) in [5.41, 5.74) is 6.45. The van der Waals surface area contributed by atoms with E-state index < -0.39 is 0 Å². The van der Waals surface area contributed by atoms with E-state index in [1.807, 2.05) is 112 Å². The standard InChI is InChI=1S/3C11H9NOS2/c1-7-2-4-8(5-3-7)6-9-10(13)12-11(14)15-9;1-7-4-2-3-5-8(7)6-9-10(13)12-11(14)15-9;1-7(8-5-3-2-4-6-8)9-10(13)12-11(14)15-9/h3*2-6H,1H3,(H,12,13,14)/b2*9-6-;9-7-. The number of allylic oxidation sites excluding steroid dienone is 1. The van der Waals surface area contributed by atoms with Crippen LogP contribution in [-0.4, -0.2) is 30.7 Å². The second kappa shape index (κ2) is 16.3. The molecule has 0 bridgehead atoms. The molecule has 3 amide bonds. The summed E-state index contributed by atoms with van der Waals surface area (Å²) in [7, 11) is 0. The highest BCUT2D eigenvalue weighted by Crippen LogP contribution is 2.31. The lowest BCUT2D eigenvalue weighted by Crippen LogP contribution is -2.18. The minimum atomic E-state index is -0.106. The summed E-state index contributed by atoms with van der Waals surface area (Å²) in [6, 6.07) is 25.8. The highest BCUT2D eigenvalue weighted by Gasteiger charge is 2.25. The van der Waals surface area contributed by atoms with Crippen LogP contribution in [0.3, 0.4) is 0 Å². The zero-order valence-corrected chi connectivity index (χ0v) is 29.2. The number of amides is 3. The Morgan fingerprint density at radius 3 is 1.64 bits per heavy atom. The normalized spacial score (nSPS) is 18.6. The summed E-state index contributed by atoms with van der Waals surface area (Å²) >= 11 is 18.7. The maximum atomic E-state index is 11.5. The van der Waals surface area contributed by atoms with Gasteiger partial charge in [-0.3, -0.25) is 14.4 Å². The molecule has 3 aromatic carbocycles. The molecule has 228 valence electrons. The molecule has 3 fully saturated rings. The minimum absolute atomic E-state index is 0.0913. The molecule has 3 aromatic rings. The third kappa shape index (κ3) is 10.1. The average Bonchev–Trinajstić information content (AvgIpc) is 3.64. The molecule has 3 saturated heterocycles. The van der Waals surface area contributed by atoms with Gasteiger partial charge in [0.2, 0.25) is 0 Å². The number of hydrogen-bond acceptors (Lipinski definition) is 9. The van der Waals surface area contributed by atoms with Crippen LogP contribution in [0.25, 0.3) is 17.7 Å². The third-order valence-corrected chi connectivity index (χ3v) is 9.96. The van der Waals surface area contributed by atoms with E-state index in [-0.39, 0.29) is 17.7 Å². The topological polar surface area (TPSA) is 87.3 Å². The Morgan fingerprint density at radius 1 is 0.622 bits per heavy atom. The Hall–Kier alpha value is -3.39. The smallest absolute Gasteiger partial charge is 0.263 e. The molecular weight excluding hydrogens is 679 g/mol. The van der Waals surface area contributed by atoms with Gasteiger partial charge in [0, 0.05) is 0 Å². The van der Waals surface area contributed by atoms with Gasteiger partial charge < -0.3 is 16.0 Å². The van der Waals surface area contributed by atoms with Gasteiger partial charge in [0.15, 0.2) is 0 Å². The first-order valence-electron chi connectivity index (χ1n) is 13.4. The molecule has 0 unspecified atom stereocenters. The van der Waals surface area contributed by atoms with Crippen LogP contribution in [-0.2, 0) is 14.4 Å². The summed E-state index contributed by atoms with van der Waals surface area (Å²) in [6.45, 7) is 5.98. The van der Waals surface area contributed by atoms with Crippen molar-refractivity contribution in [3.63, 3.8) is 0 Å². The van der Waals surface area contributed by atoms with Gasteiger partial charge in [-0.15, -0.1) is 0 Å². The van der Waals surface area contributed by atoms with Crippen molar-refractivity contribution in [2.75, 3.05) is 0 Å². The van der Waals surface area contributed by atoms with Crippen molar-refractivity contribution in [1.82, 2.24) is 16.0 Å². The molecule has 0 atom stereocenters. The van der Waals surface area contributed by atoms with Crippen LogP contribution in [0, 0.1) is 13.8 Å². The van der Waals surface area contributed by atoms with Crippen molar-refractivity contribution in [2.24, 2.45) is 0 Å². The van der Waals surface area contributed by atoms with Gasteiger partial charge in [-0.2, -0.15) is 0 Å². The fourth-order valence-corrected chi connectivity index (χ4v) is 7.09. The number of benzene rings is 3. The summed E-state index contributed by atoms with van der Waals surface area (Å²) in [5, 5.41) is 7.79. The van der Waals surface area contributed by atoms with E-state index in [0.29, 0.717) is 27.7 Å². The van der Waals surface area contributed by atoms with Crippen LogP contribution in [0.1, 0.15) is 34.7 Å². The molecule has 3 heterocycles. The molecule has 6 rings (SSSR count). The number of thiocarbonyl (C=S) groups is 3. The van der Waals surface area contributed by atoms with Crippen LogP contribution in [0.4, 0.5) is 0 Å². The van der Waals surface area contributed by atoms with Crippen molar-refractivity contribution in [2.45, 2.75) is 20.8 Å². The lowest BCUT2D eigenvalue weighted by Gasteiger charge is -2.02. The number of hydrogen-bond donors (Lipinski definition) is 3. The lowest BCUT2D eigenvalue weighted by molar-refractivity contribution is -0.116. The van der Waals surface area contributed by atoms with Gasteiger partial charge in [0.25, 0.3) is 17.7 Å². The summed E-state index contributed by atoms with van der Waals surface area (Å²) in [6.07, 6.45) is 3.72. The zero-order valence-electron chi connectivity index (χ0n) is 24.3. The molecule has 0 spiro atoms. The first-order chi connectivity index (χ1) is 21.5. The summed E-state index contributed by atoms with van der Waals surface area (Å²) in [5.74, 6) is -0.301. The highest BCUT2D eigenvalue weighted by atomic mass is 32.2. The second-order valence-corrected chi connectivity index (χ2v) is 14.8. The number of thioether (sulfide) groups is 3. The Balaban J connectivity index is 0.000000154. The number of nitrogens with one attached hydrogen (secondary N) is 3. The number of aryl methyl sites for hydroxylation is 2. The van der Waals surface area contributed by atoms with Crippen LogP contribution in [0.2, 0.25) is 0 Å². The fraction of sp³-hybridized carbons (Fsp3) is 0.0909. The number of carbonyl (C=O) groups excluding carboxylic acids is 3. The number of carbonyl (C=O) groups is 3. The predicted octanol–water partition coefficient (Wildman–Crippen LogP) is 7.53. The molecule has 3 aliphatic heterocycles. The molecule has 12 heteroatoms. The van der Waals surface area contributed by atoms with Crippen molar-refractivity contribution in [3.8, 4) is 0 Å². The Bertz CT molecular complexity index is 1780. The van der Waals surface area contributed by atoms with E-state index in [2.05, 4.69) is 16.0 Å². The van der Waals surface area contributed by atoms with E-state index in [1.54, 1.807) is 0 Å². The maximum Gasteiger partial charge on any atom is 0.263 e. The Labute approximate surface area is 291 Å². The molecule has 45 heavy (non-hydrogen) atoms. The van der Waals surface area contributed by atoms with Crippen molar-refractivity contribution in [3.05, 3.63) is 121 Å². The molecule has 0 aromatic heterocycles. The van der Waals surface area contributed by atoms with Crippen molar-refractivity contribution < 1.29 is 14.4 Å². The van der Waals surface area contributed by atoms with Crippen molar-refractivity contribution in [1.29, 1.82) is 0 Å². The van der Waals surface area contributed by atoms with Gasteiger partial charge in [0.1, 0.15) is 13.0 Å². The second-order valence-electron chi connectivity index (χ2n) is 9.64.